The molecule has 1 aromatic carbocycles. The number of nitrogens with one attached hydrogen (secondary N) is 1. The molecule has 0 aliphatic carbocycles. The molecule has 1 aliphatic rings. The Bertz CT molecular complexity index is 673. The second-order valence-electron chi connectivity index (χ2n) is 6.45. The van der Waals surface area contributed by atoms with Gasteiger partial charge in [-0.1, -0.05) is 12.1 Å². The molecular formula is C18H24N2O6. The van der Waals surface area contributed by atoms with E-state index in [0.29, 0.717) is 11.3 Å². The van der Waals surface area contributed by atoms with Crippen LogP contribution in [0.2, 0.25) is 0 Å². The van der Waals surface area contributed by atoms with Crippen LogP contribution in [-0.2, 0) is 14.3 Å². The van der Waals surface area contributed by atoms with Crippen LogP contribution >= 0.6 is 0 Å². The molecule has 2 rings (SSSR count). The Labute approximate surface area is 152 Å². The van der Waals surface area contributed by atoms with Crippen molar-refractivity contribution in [2.75, 3.05) is 14.2 Å². The van der Waals surface area contributed by atoms with Gasteiger partial charge in [0.25, 0.3) is 0 Å². The predicted octanol–water partition coefficient (Wildman–Crippen LogP) is 1.80. The monoisotopic (exact) mass is 364 g/mol. The third kappa shape index (κ3) is 3.89. The van der Waals surface area contributed by atoms with Crippen LogP contribution in [0.5, 0.6) is 5.75 Å². The number of carbonyl (C=O) groups excluding carboxylic acids is 2. The van der Waals surface area contributed by atoms with Crippen LogP contribution in [0.25, 0.3) is 0 Å². The molecule has 8 heteroatoms. The molecule has 1 heterocycles. The lowest BCUT2D eigenvalue weighted by molar-refractivity contribution is -0.146. The molecule has 3 atom stereocenters. The standard InChI is InChI=1S/C18H24N2O6/c1-10(2)19-18(24)20-14(16(21)22)9-13(17(23)26-4)15(20)11-5-7-12(25-3)8-6-11/h5-8,10,13-15H,9H2,1-4H3,(H,19,24)(H,21,22). The number of ether oxygens (including phenoxy) is 2. The van der Waals surface area contributed by atoms with Crippen molar-refractivity contribution in [1.29, 1.82) is 0 Å². The molecule has 8 nitrogen and oxygen atoms in total. The lowest BCUT2D eigenvalue weighted by atomic mass is 9.93. The summed E-state index contributed by atoms with van der Waals surface area (Å²) >= 11 is 0. The van der Waals surface area contributed by atoms with Gasteiger partial charge in [0.1, 0.15) is 11.8 Å². The number of carboxylic acids is 1. The largest absolute Gasteiger partial charge is 0.497 e. The highest BCUT2D eigenvalue weighted by atomic mass is 16.5. The van der Waals surface area contributed by atoms with E-state index in [1.807, 2.05) is 0 Å². The van der Waals surface area contributed by atoms with Crippen molar-refractivity contribution in [2.24, 2.45) is 5.92 Å². The second kappa shape index (κ2) is 8.07. The Hall–Kier alpha value is -2.77. The summed E-state index contributed by atoms with van der Waals surface area (Å²) in [5.41, 5.74) is 0.642. The van der Waals surface area contributed by atoms with E-state index in [2.05, 4.69) is 5.32 Å². The van der Waals surface area contributed by atoms with Crippen LogP contribution in [0.3, 0.4) is 0 Å². The number of likely N-dealkylation sites (tertiary alicyclic amines) is 1. The minimum absolute atomic E-state index is 0.00970. The highest BCUT2D eigenvalue weighted by Gasteiger charge is 2.51. The second-order valence-corrected chi connectivity index (χ2v) is 6.45. The van der Waals surface area contributed by atoms with Crippen molar-refractivity contribution < 1.29 is 29.0 Å². The van der Waals surface area contributed by atoms with Gasteiger partial charge in [-0.15, -0.1) is 0 Å². The molecule has 2 N–H and O–H groups in total. The highest BCUT2D eigenvalue weighted by molar-refractivity contribution is 5.87. The van der Waals surface area contributed by atoms with E-state index in [9.17, 15) is 19.5 Å². The van der Waals surface area contributed by atoms with E-state index < -0.39 is 36.0 Å². The number of urea groups is 1. The van der Waals surface area contributed by atoms with E-state index in [4.69, 9.17) is 9.47 Å². The normalized spacial score (nSPS) is 22.2. The molecular weight excluding hydrogens is 340 g/mol. The van der Waals surface area contributed by atoms with Gasteiger partial charge in [0, 0.05) is 6.04 Å². The number of hydrogen-bond acceptors (Lipinski definition) is 5. The smallest absolute Gasteiger partial charge is 0.326 e. The number of carbonyl (C=O) groups is 3. The number of methoxy groups -OCH3 is 2. The van der Waals surface area contributed by atoms with E-state index in [0.717, 1.165) is 0 Å². The van der Waals surface area contributed by atoms with Gasteiger partial charge in [0.15, 0.2) is 0 Å². The average molecular weight is 364 g/mol. The van der Waals surface area contributed by atoms with E-state index >= 15 is 0 Å². The molecule has 26 heavy (non-hydrogen) atoms. The van der Waals surface area contributed by atoms with Crippen LogP contribution in [0.4, 0.5) is 4.79 Å². The summed E-state index contributed by atoms with van der Waals surface area (Å²) in [4.78, 5) is 38.0. The number of nitrogens with zero attached hydrogens (tertiary/aromatic N) is 1. The van der Waals surface area contributed by atoms with Crippen LogP contribution in [0, 0.1) is 5.92 Å². The first-order chi connectivity index (χ1) is 12.3. The SMILES string of the molecule is COC(=O)C1CC(C(=O)O)N(C(=O)NC(C)C)C1c1ccc(OC)cc1. The summed E-state index contributed by atoms with van der Waals surface area (Å²) < 4.78 is 9.99. The summed E-state index contributed by atoms with van der Waals surface area (Å²) in [6.45, 7) is 3.56. The number of hydrogen-bond donors (Lipinski definition) is 2. The fraction of sp³-hybridized carbons (Fsp3) is 0.500. The Morgan fingerprint density at radius 1 is 1.19 bits per heavy atom. The number of amides is 2. The lowest BCUT2D eigenvalue weighted by Gasteiger charge is -2.31. The van der Waals surface area contributed by atoms with Gasteiger partial charge < -0.3 is 24.8 Å². The van der Waals surface area contributed by atoms with Crippen LogP contribution in [0.1, 0.15) is 31.9 Å². The first-order valence-electron chi connectivity index (χ1n) is 8.33. The Morgan fingerprint density at radius 2 is 1.81 bits per heavy atom. The topological polar surface area (TPSA) is 105 Å². The van der Waals surface area contributed by atoms with Crippen LogP contribution < -0.4 is 10.1 Å². The minimum Gasteiger partial charge on any atom is -0.497 e. The quantitative estimate of drug-likeness (QED) is 0.772. The molecule has 2 amide bonds. The molecule has 1 aliphatic heterocycles. The summed E-state index contributed by atoms with van der Waals surface area (Å²) in [7, 11) is 2.78. The Kier molecular flexibility index (Phi) is 6.07. The zero-order chi connectivity index (χ0) is 19.4. The predicted molar refractivity (Wildman–Crippen MR) is 92.8 cm³/mol. The molecule has 3 unspecified atom stereocenters. The Balaban J connectivity index is 2.49. The van der Waals surface area contributed by atoms with Gasteiger partial charge in [-0.05, 0) is 38.0 Å². The van der Waals surface area contributed by atoms with Crippen LogP contribution in [-0.4, -0.2) is 54.3 Å². The van der Waals surface area contributed by atoms with Crippen molar-refractivity contribution >= 4 is 18.0 Å². The van der Waals surface area contributed by atoms with E-state index in [1.165, 1.54) is 19.1 Å². The van der Waals surface area contributed by atoms with Gasteiger partial charge in [-0.2, -0.15) is 0 Å². The molecule has 0 bridgehead atoms. The van der Waals surface area contributed by atoms with Crippen LogP contribution in [0.15, 0.2) is 24.3 Å². The molecule has 1 saturated heterocycles. The fourth-order valence-corrected chi connectivity index (χ4v) is 3.25. The number of esters is 1. The maximum atomic E-state index is 12.7. The molecule has 0 aromatic heterocycles. The fourth-order valence-electron chi connectivity index (χ4n) is 3.25. The minimum atomic E-state index is -1.16. The number of carboxylic acid groups (broad SMARTS) is 1. The first-order valence-corrected chi connectivity index (χ1v) is 8.33. The van der Waals surface area contributed by atoms with Gasteiger partial charge in [0.2, 0.25) is 0 Å². The summed E-state index contributed by atoms with van der Waals surface area (Å²) in [5, 5.41) is 12.3. The molecule has 1 fully saturated rings. The van der Waals surface area contributed by atoms with Gasteiger partial charge in [0.05, 0.1) is 26.2 Å². The van der Waals surface area contributed by atoms with E-state index in [-0.39, 0.29) is 12.5 Å². The first kappa shape index (κ1) is 19.6. The third-order valence-corrected chi connectivity index (χ3v) is 4.39. The highest BCUT2D eigenvalue weighted by Crippen LogP contribution is 2.42. The summed E-state index contributed by atoms with van der Waals surface area (Å²) in [6.07, 6.45) is -0.00970. The molecule has 0 spiro atoms. The maximum Gasteiger partial charge on any atom is 0.326 e. The molecule has 0 radical (unpaired) electrons. The lowest BCUT2D eigenvalue weighted by Crippen LogP contribution is -2.49. The molecule has 1 aromatic rings. The average Bonchev–Trinajstić information content (AvgIpc) is 3.01. The molecule has 0 saturated carbocycles. The van der Waals surface area contributed by atoms with Gasteiger partial charge >= 0.3 is 18.0 Å². The zero-order valence-corrected chi connectivity index (χ0v) is 15.3. The van der Waals surface area contributed by atoms with Crippen molar-refractivity contribution in [3.8, 4) is 5.75 Å². The number of rotatable bonds is 5. The third-order valence-electron chi connectivity index (χ3n) is 4.39. The summed E-state index contributed by atoms with van der Waals surface area (Å²) in [5.74, 6) is -1.85. The van der Waals surface area contributed by atoms with Crippen molar-refractivity contribution in [3.05, 3.63) is 29.8 Å². The van der Waals surface area contributed by atoms with Gasteiger partial charge in [-0.25, -0.2) is 9.59 Å². The zero-order valence-electron chi connectivity index (χ0n) is 15.3. The molecule has 142 valence electrons. The van der Waals surface area contributed by atoms with Crippen molar-refractivity contribution in [3.63, 3.8) is 0 Å². The number of aliphatic carboxylic acids is 1. The van der Waals surface area contributed by atoms with E-state index in [1.54, 1.807) is 38.1 Å². The van der Waals surface area contributed by atoms with Crippen molar-refractivity contribution in [2.45, 2.75) is 38.4 Å². The Morgan fingerprint density at radius 3 is 2.27 bits per heavy atom. The van der Waals surface area contributed by atoms with Gasteiger partial charge in [-0.3, -0.25) is 4.79 Å². The van der Waals surface area contributed by atoms with Crippen molar-refractivity contribution in [1.82, 2.24) is 10.2 Å². The summed E-state index contributed by atoms with van der Waals surface area (Å²) in [6, 6.07) is 4.29. The maximum absolute atomic E-state index is 12.7. The number of benzene rings is 1.